The second-order valence-electron chi connectivity index (χ2n) is 6.88. The van der Waals surface area contributed by atoms with Crippen molar-refractivity contribution >= 4 is 28.8 Å². The number of rotatable bonds is 5. The second-order valence-corrected chi connectivity index (χ2v) is 7.72. The van der Waals surface area contributed by atoms with Crippen molar-refractivity contribution < 1.29 is 14.3 Å². The Labute approximate surface area is 169 Å². The summed E-state index contributed by atoms with van der Waals surface area (Å²) in [4.78, 5) is 33.5. The molecule has 3 rings (SSSR count). The number of hydrogen-bond acceptors (Lipinski definition) is 6. The number of amides is 1. The molecule has 2 aliphatic rings. The van der Waals surface area contributed by atoms with Gasteiger partial charge in [-0.15, -0.1) is 0 Å². The SMILES string of the molecule is CCN(C)C(=O)CC1=CSC2=NC(C)=C(C(=O)OC)C(c3cccc(C)c3)N12. The van der Waals surface area contributed by atoms with Gasteiger partial charge in [-0.3, -0.25) is 4.79 Å². The van der Waals surface area contributed by atoms with Crippen molar-refractivity contribution in [1.82, 2.24) is 9.80 Å². The Bertz CT molecular complexity index is 904. The fourth-order valence-corrected chi connectivity index (χ4v) is 4.33. The van der Waals surface area contributed by atoms with E-state index in [1.165, 1.54) is 18.9 Å². The summed E-state index contributed by atoms with van der Waals surface area (Å²) < 4.78 is 5.07. The van der Waals surface area contributed by atoms with E-state index in [1.807, 2.05) is 49.3 Å². The molecule has 2 aliphatic heterocycles. The highest BCUT2D eigenvalue weighted by Crippen LogP contribution is 2.44. The quantitative estimate of drug-likeness (QED) is 0.708. The molecule has 0 N–H and O–H groups in total. The Balaban J connectivity index is 2.07. The van der Waals surface area contributed by atoms with E-state index < -0.39 is 5.97 Å². The van der Waals surface area contributed by atoms with Gasteiger partial charge < -0.3 is 14.5 Å². The van der Waals surface area contributed by atoms with Gasteiger partial charge in [-0.05, 0) is 31.7 Å². The first-order chi connectivity index (χ1) is 13.4. The number of aliphatic imine (C=N–C) groups is 1. The zero-order valence-electron chi connectivity index (χ0n) is 16.9. The number of hydrogen-bond donors (Lipinski definition) is 0. The van der Waals surface area contributed by atoms with Crippen molar-refractivity contribution in [3.8, 4) is 0 Å². The number of aryl methyl sites for hydroxylation is 1. The van der Waals surface area contributed by atoms with Crippen molar-refractivity contribution in [1.29, 1.82) is 0 Å². The Hall–Kier alpha value is -2.54. The van der Waals surface area contributed by atoms with E-state index in [-0.39, 0.29) is 18.4 Å². The van der Waals surface area contributed by atoms with Crippen LogP contribution in [0.4, 0.5) is 0 Å². The number of fused-ring (bicyclic) bond motifs is 1. The van der Waals surface area contributed by atoms with Crippen LogP contribution in [-0.2, 0) is 14.3 Å². The predicted molar refractivity (Wildman–Crippen MR) is 112 cm³/mol. The summed E-state index contributed by atoms with van der Waals surface area (Å²) >= 11 is 1.48. The van der Waals surface area contributed by atoms with Gasteiger partial charge in [0.1, 0.15) is 0 Å². The Morgan fingerprint density at radius 1 is 1.32 bits per heavy atom. The number of allylic oxidation sites excluding steroid dienone is 1. The van der Waals surface area contributed by atoms with Gasteiger partial charge in [0.05, 0.1) is 30.8 Å². The van der Waals surface area contributed by atoms with Gasteiger partial charge in [0.25, 0.3) is 0 Å². The molecule has 0 aliphatic carbocycles. The number of nitrogens with zero attached hydrogens (tertiary/aromatic N) is 3. The summed E-state index contributed by atoms with van der Waals surface area (Å²) in [6.07, 6.45) is 0.256. The van der Waals surface area contributed by atoms with Crippen LogP contribution in [0.2, 0.25) is 0 Å². The maximum Gasteiger partial charge on any atom is 0.338 e. The molecule has 1 aromatic carbocycles. The standard InChI is InChI=1S/C21H25N3O3S/c1-6-23(4)17(25)11-16-12-28-21-22-14(3)18(20(26)27-5)19(24(16)21)15-9-7-8-13(2)10-15/h7-10,12,19H,6,11H2,1-5H3. The third-order valence-corrected chi connectivity index (χ3v) is 5.89. The number of carbonyl (C=O) groups is 2. The van der Waals surface area contributed by atoms with Crippen LogP contribution in [0.5, 0.6) is 0 Å². The number of esters is 1. The normalized spacial score (nSPS) is 18.5. The number of amidine groups is 1. The van der Waals surface area contributed by atoms with Crippen molar-refractivity contribution in [2.75, 3.05) is 20.7 Å². The highest BCUT2D eigenvalue weighted by molar-refractivity contribution is 8.16. The maximum atomic E-state index is 12.6. The van der Waals surface area contributed by atoms with Crippen molar-refractivity contribution in [2.45, 2.75) is 33.2 Å². The van der Waals surface area contributed by atoms with Gasteiger partial charge in [0.15, 0.2) is 5.17 Å². The fraction of sp³-hybridized carbons (Fsp3) is 0.381. The van der Waals surface area contributed by atoms with E-state index in [9.17, 15) is 9.59 Å². The number of thioether (sulfide) groups is 1. The zero-order chi connectivity index (χ0) is 20.4. The van der Waals surface area contributed by atoms with Crippen LogP contribution in [0.15, 0.2) is 51.6 Å². The molecule has 1 unspecified atom stereocenters. The van der Waals surface area contributed by atoms with Gasteiger partial charge in [-0.25, -0.2) is 9.79 Å². The van der Waals surface area contributed by atoms with Crippen molar-refractivity contribution in [3.05, 3.63) is 57.8 Å². The average molecular weight is 400 g/mol. The smallest absolute Gasteiger partial charge is 0.338 e. The summed E-state index contributed by atoms with van der Waals surface area (Å²) in [5, 5.41) is 2.73. The molecule has 2 heterocycles. The van der Waals surface area contributed by atoms with Crippen LogP contribution < -0.4 is 0 Å². The van der Waals surface area contributed by atoms with E-state index in [0.717, 1.165) is 22.0 Å². The lowest BCUT2D eigenvalue weighted by molar-refractivity contribution is -0.136. The minimum atomic E-state index is -0.403. The lowest BCUT2D eigenvalue weighted by atomic mass is 9.93. The third-order valence-electron chi connectivity index (χ3n) is 5.00. The topological polar surface area (TPSA) is 62.2 Å². The Morgan fingerprint density at radius 3 is 2.71 bits per heavy atom. The third kappa shape index (κ3) is 3.71. The molecule has 0 aromatic heterocycles. The molecular formula is C21H25N3O3S. The molecule has 1 aromatic rings. The molecule has 6 nitrogen and oxygen atoms in total. The summed E-state index contributed by atoms with van der Waals surface area (Å²) in [5.41, 5.74) is 4.05. The minimum Gasteiger partial charge on any atom is -0.466 e. The van der Waals surface area contributed by atoms with Crippen LogP contribution >= 0.6 is 11.8 Å². The van der Waals surface area contributed by atoms with Crippen LogP contribution in [0.1, 0.15) is 37.4 Å². The molecule has 0 saturated heterocycles. The maximum absolute atomic E-state index is 12.6. The van der Waals surface area contributed by atoms with Crippen molar-refractivity contribution in [3.63, 3.8) is 0 Å². The molecule has 28 heavy (non-hydrogen) atoms. The number of ether oxygens (including phenoxy) is 1. The molecule has 0 bridgehead atoms. The molecular weight excluding hydrogens is 374 g/mol. The molecule has 1 atom stereocenters. The predicted octanol–water partition coefficient (Wildman–Crippen LogP) is 3.61. The highest BCUT2D eigenvalue weighted by Gasteiger charge is 2.41. The van der Waals surface area contributed by atoms with Gasteiger partial charge >= 0.3 is 5.97 Å². The lowest BCUT2D eigenvalue weighted by Crippen LogP contribution is -2.38. The average Bonchev–Trinajstić information content (AvgIpc) is 3.07. The number of methoxy groups -OCH3 is 1. The molecule has 0 fully saturated rings. The minimum absolute atomic E-state index is 0.0319. The fourth-order valence-electron chi connectivity index (χ4n) is 3.36. The molecule has 0 saturated carbocycles. The molecule has 0 spiro atoms. The molecule has 148 valence electrons. The van der Waals surface area contributed by atoms with E-state index in [0.29, 0.717) is 17.8 Å². The number of carbonyl (C=O) groups excluding carboxylic acids is 2. The lowest BCUT2D eigenvalue weighted by Gasteiger charge is -2.36. The first-order valence-electron chi connectivity index (χ1n) is 9.20. The molecule has 1 amide bonds. The highest BCUT2D eigenvalue weighted by atomic mass is 32.2. The summed E-state index contributed by atoms with van der Waals surface area (Å²) in [6.45, 7) is 6.44. The van der Waals surface area contributed by atoms with Gasteiger partial charge in [-0.1, -0.05) is 41.6 Å². The number of benzene rings is 1. The van der Waals surface area contributed by atoms with E-state index >= 15 is 0 Å². The molecule has 7 heteroatoms. The monoisotopic (exact) mass is 399 g/mol. The summed E-state index contributed by atoms with van der Waals surface area (Å²) in [5.74, 6) is -0.371. The van der Waals surface area contributed by atoms with E-state index in [1.54, 1.807) is 11.9 Å². The van der Waals surface area contributed by atoms with E-state index in [2.05, 4.69) is 11.1 Å². The van der Waals surface area contributed by atoms with Crippen LogP contribution in [0.3, 0.4) is 0 Å². The Kier molecular flexibility index (Phi) is 5.93. The first kappa shape index (κ1) is 20.2. The zero-order valence-corrected chi connectivity index (χ0v) is 17.7. The van der Waals surface area contributed by atoms with E-state index in [4.69, 9.17) is 4.74 Å². The van der Waals surface area contributed by atoms with Crippen LogP contribution in [0.25, 0.3) is 0 Å². The molecule has 0 radical (unpaired) electrons. The van der Waals surface area contributed by atoms with Crippen LogP contribution in [0, 0.1) is 6.92 Å². The van der Waals surface area contributed by atoms with Gasteiger partial charge in [0, 0.05) is 19.3 Å². The van der Waals surface area contributed by atoms with Gasteiger partial charge in [0.2, 0.25) is 5.91 Å². The van der Waals surface area contributed by atoms with Crippen LogP contribution in [-0.4, -0.2) is 47.5 Å². The summed E-state index contributed by atoms with van der Waals surface area (Å²) in [6, 6.07) is 7.68. The van der Waals surface area contributed by atoms with Gasteiger partial charge in [-0.2, -0.15) is 0 Å². The van der Waals surface area contributed by atoms with Crippen molar-refractivity contribution in [2.24, 2.45) is 4.99 Å². The first-order valence-corrected chi connectivity index (χ1v) is 10.1. The summed E-state index contributed by atoms with van der Waals surface area (Å²) in [7, 11) is 3.17. The largest absolute Gasteiger partial charge is 0.466 e. The second kappa shape index (κ2) is 8.22. The Morgan fingerprint density at radius 2 is 2.07 bits per heavy atom.